The SMILES string of the molecule is C[C@H](C(=O)Nc1cccnc1Cl)[NH+]1CCN(c2ccc(F)cc2)CC1. The summed E-state index contributed by atoms with van der Waals surface area (Å²) >= 11 is 5.99. The molecule has 2 heterocycles. The third-order valence-corrected chi connectivity index (χ3v) is 4.92. The van der Waals surface area contributed by atoms with Crippen LogP contribution in [0.2, 0.25) is 5.15 Å². The second-order valence-electron chi connectivity index (χ2n) is 6.17. The summed E-state index contributed by atoms with van der Waals surface area (Å²) in [5.74, 6) is -0.299. The number of hydrogen-bond donors (Lipinski definition) is 2. The Bertz CT molecular complexity index is 732. The molecular formula is C18H21ClFN4O+. The Hall–Kier alpha value is -2.18. The summed E-state index contributed by atoms with van der Waals surface area (Å²) in [5.41, 5.74) is 1.55. The van der Waals surface area contributed by atoms with Crippen molar-refractivity contribution < 1.29 is 14.1 Å². The number of carbonyl (C=O) groups excluding carboxylic acids is 1. The van der Waals surface area contributed by atoms with Gasteiger partial charge in [0.1, 0.15) is 5.82 Å². The summed E-state index contributed by atoms with van der Waals surface area (Å²) in [6.07, 6.45) is 1.58. The van der Waals surface area contributed by atoms with Gasteiger partial charge in [0.05, 0.1) is 31.9 Å². The molecule has 1 saturated heterocycles. The van der Waals surface area contributed by atoms with Crippen LogP contribution in [0.1, 0.15) is 6.92 Å². The number of rotatable bonds is 4. The van der Waals surface area contributed by atoms with E-state index in [2.05, 4.69) is 15.2 Å². The normalized spacial score (nSPS) is 16.5. The number of nitrogens with zero attached hydrogens (tertiary/aromatic N) is 2. The largest absolute Gasteiger partial charge is 0.360 e. The molecule has 0 radical (unpaired) electrons. The van der Waals surface area contributed by atoms with Crippen LogP contribution in [0, 0.1) is 5.82 Å². The van der Waals surface area contributed by atoms with Crippen LogP contribution < -0.4 is 15.1 Å². The molecule has 1 aliphatic rings. The van der Waals surface area contributed by atoms with E-state index in [4.69, 9.17) is 11.6 Å². The number of anilines is 2. The maximum Gasteiger partial charge on any atom is 0.282 e. The van der Waals surface area contributed by atoms with Crippen LogP contribution in [-0.4, -0.2) is 43.1 Å². The fourth-order valence-corrected chi connectivity index (χ4v) is 3.21. The lowest BCUT2D eigenvalue weighted by Gasteiger charge is -2.36. The molecule has 25 heavy (non-hydrogen) atoms. The molecule has 1 aliphatic heterocycles. The Balaban J connectivity index is 1.56. The molecule has 1 atom stereocenters. The number of piperazine rings is 1. The molecule has 0 bridgehead atoms. The fourth-order valence-electron chi connectivity index (χ4n) is 3.04. The Morgan fingerprint density at radius 2 is 1.96 bits per heavy atom. The maximum atomic E-state index is 13.0. The van der Waals surface area contributed by atoms with E-state index in [1.807, 2.05) is 6.92 Å². The number of quaternary nitrogens is 1. The Labute approximate surface area is 151 Å². The van der Waals surface area contributed by atoms with Gasteiger partial charge in [0.15, 0.2) is 11.2 Å². The van der Waals surface area contributed by atoms with E-state index >= 15 is 0 Å². The molecule has 1 aromatic heterocycles. The average Bonchev–Trinajstić information content (AvgIpc) is 2.64. The zero-order chi connectivity index (χ0) is 17.8. The third-order valence-electron chi connectivity index (χ3n) is 4.62. The molecule has 0 aliphatic carbocycles. The van der Waals surface area contributed by atoms with Crippen LogP contribution in [0.15, 0.2) is 42.6 Å². The summed E-state index contributed by atoms with van der Waals surface area (Å²) in [4.78, 5) is 19.9. The quantitative estimate of drug-likeness (QED) is 0.811. The maximum absolute atomic E-state index is 13.0. The van der Waals surface area contributed by atoms with Gasteiger partial charge < -0.3 is 15.1 Å². The molecule has 3 rings (SSSR count). The standard InChI is InChI=1S/C18H20ClFN4O/c1-13(18(25)22-16-3-2-8-21-17(16)19)23-9-11-24(12-10-23)15-6-4-14(20)5-7-15/h2-8,13H,9-12H2,1H3,(H,22,25)/p+1/t13-/m1/s1. The second-order valence-corrected chi connectivity index (χ2v) is 6.53. The molecule has 1 fully saturated rings. The van der Waals surface area contributed by atoms with Gasteiger partial charge in [-0.05, 0) is 43.3 Å². The van der Waals surface area contributed by atoms with Crippen LogP contribution in [-0.2, 0) is 4.79 Å². The average molecular weight is 364 g/mol. The second kappa shape index (κ2) is 7.80. The molecule has 1 aromatic carbocycles. The lowest BCUT2D eigenvalue weighted by Crippen LogP contribution is -3.19. The number of nitrogens with one attached hydrogen (secondary N) is 2. The molecule has 0 spiro atoms. The number of aromatic nitrogens is 1. The van der Waals surface area contributed by atoms with Gasteiger partial charge in [0.25, 0.3) is 5.91 Å². The van der Waals surface area contributed by atoms with Crippen molar-refractivity contribution in [3.63, 3.8) is 0 Å². The van der Waals surface area contributed by atoms with Crippen LogP contribution in [0.4, 0.5) is 15.8 Å². The lowest BCUT2D eigenvalue weighted by molar-refractivity contribution is -0.914. The van der Waals surface area contributed by atoms with Gasteiger partial charge >= 0.3 is 0 Å². The van der Waals surface area contributed by atoms with Crippen molar-refractivity contribution in [3.8, 4) is 0 Å². The molecule has 5 nitrogen and oxygen atoms in total. The van der Waals surface area contributed by atoms with Gasteiger partial charge in [-0.1, -0.05) is 11.6 Å². The molecule has 0 saturated carbocycles. The first-order valence-electron chi connectivity index (χ1n) is 8.31. The van der Waals surface area contributed by atoms with E-state index in [0.29, 0.717) is 10.8 Å². The summed E-state index contributed by atoms with van der Waals surface area (Å²) in [6.45, 7) is 5.25. The van der Waals surface area contributed by atoms with Crippen LogP contribution in [0.25, 0.3) is 0 Å². The van der Waals surface area contributed by atoms with Crippen molar-refractivity contribution in [1.82, 2.24) is 4.98 Å². The Kier molecular flexibility index (Phi) is 5.50. The predicted molar refractivity (Wildman–Crippen MR) is 96.6 cm³/mol. The summed E-state index contributed by atoms with van der Waals surface area (Å²) in [7, 11) is 0. The minimum atomic E-state index is -0.229. The minimum absolute atomic E-state index is 0.0693. The van der Waals surface area contributed by atoms with Crippen molar-refractivity contribution in [2.75, 3.05) is 36.4 Å². The summed E-state index contributed by atoms with van der Waals surface area (Å²) in [6, 6.07) is 9.82. The highest BCUT2D eigenvalue weighted by Crippen LogP contribution is 2.17. The highest BCUT2D eigenvalue weighted by atomic mass is 35.5. The molecule has 2 N–H and O–H groups in total. The fraction of sp³-hybridized carbons (Fsp3) is 0.333. The van der Waals surface area contributed by atoms with Crippen molar-refractivity contribution >= 4 is 28.9 Å². The zero-order valence-electron chi connectivity index (χ0n) is 14.0. The summed E-state index contributed by atoms with van der Waals surface area (Å²) in [5, 5.41) is 3.14. The van der Waals surface area contributed by atoms with Crippen molar-refractivity contribution in [3.05, 3.63) is 53.6 Å². The first-order valence-corrected chi connectivity index (χ1v) is 8.69. The van der Waals surface area contributed by atoms with Gasteiger partial charge in [-0.3, -0.25) is 4.79 Å². The summed E-state index contributed by atoms with van der Waals surface area (Å²) < 4.78 is 13.0. The van der Waals surface area contributed by atoms with E-state index in [1.54, 1.807) is 30.5 Å². The first-order chi connectivity index (χ1) is 12.0. The molecule has 0 unspecified atom stereocenters. The van der Waals surface area contributed by atoms with Crippen molar-refractivity contribution in [2.24, 2.45) is 0 Å². The van der Waals surface area contributed by atoms with Gasteiger partial charge in [0.2, 0.25) is 0 Å². The highest BCUT2D eigenvalue weighted by Gasteiger charge is 2.29. The molecular weight excluding hydrogens is 343 g/mol. The number of amides is 1. The van der Waals surface area contributed by atoms with Gasteiger partial charge in [-0.2, -0.15) is 0 Å². The number of halogens is 2. The van der Waals surface area contributed by atoms with Gasteiger partial charge in [0, 0.05) is 11.9 Å². The topological polar surface area (TPSA) is 49.7 Å². The van der Waals surface area contributed by atoms with E-state index in [0.717, 1.165) is 31.9 Å². The molecule has 132 valence electrons. The third kappa shape index (κ3) is 4.27. The number of benzene rings is 1. The van der Waals surface area contributed by atoms with E-state index in [9.17, 15) is 9.18 Å². The molecule has 2 aromatic rings. The van der Waals surface area contributed by atoms with E-state index < -0.39 is 0 Å². The van der Waals surface area contributed by atoms with E-state index in [-0.39, 0.29) is 17.8 Å². The van der Waals surface area contributed by atoms with Crippen molar-refractivity contribution in [1.29, 1.82) is 0 Å². The van der Waals surface area contributed by atoms with Crippen LogP contribution in [0.5, 0.6) is 0 Å². The lowest BCUT2D eigenvalue weighted by atomic mass is 10.2. The first kappa shape index (κ1) is 17.6. The number of hydrogen-bond acceptors (Lipinski definition) is 3. The predicted octanol–water partition coefficient (Wildman–Crippen LogP) is 1.61. The molecule has 7 heteroatoms. The van der Waals surface area contributed by atoms with Crippen LogP contribution in [0.3, 0.4) is 0 Å². The highest BCUT2D eigenvalue weighted by molar-refractivity contribution is 6.32. The van der Waals surface area contributed by atoms with Crippen LogP contribution >= 0.6 is 11.6 Å². The number of carbonyl (C=O) groups is 1. The Morgan fingerprint density at radius 1 is 1.28 bits per heavy atom. The Morgan fingerprint density at radius 3 is 2.60 bits per heavy atom. The van der Waals surface area contributed by atoms with Crippen molar-refractivity contribution in [2.45, 2.75) is 13.0 Å². The smallest absolute Gasteiger partial charge is 0.282 e. The molecule has 1 amide bonds. The van der Waals surface area contributed by atoms with E-state index in [1.165, 1.54) is 17.0 Å². The monoisotopic (exact) mass is 363 g/mol. The van der Waals surface area contributed by atoms with Gasteiger partial charge in [-0.25, -0.2) is 9.37 Å². The number of pyridine rings is 1. The zero-order valence-corrected chi connectivity index (χ0v) is 14.8. The van der Waals surface area contributed by atoms with Gasteiger partial charge in [-0.15, -0.1) is 0 Å². The minimum Gasteiger partial charge on any atom is -0.360 e.